The van der Waals surface area contributed by atoms with Gasteiger partial charge in [0.25, 0.3) is 0 Å². The molecule has 0 radical (unpaired) electrons. The van der Waals surface area contributed by atoms with Crippen LogP contribution < -0.4 is 10.6 Å². The van der Waals surface area contributed by atoms with Gasteiger partial charge in [0.15, 0.2) is 5.11 Å². The summed E-state index contributed by atoms with van der Waals surface area (Å²) in [4.78, 5) is 2.49. The molecule has 1 aromatic carbocycles. The lowest BCUT2D eigenvalue weighted by Crippen LogP contribution is -2.47. The van der Waals surface area contributed by atoms with Crippen LogP contribution in [0.4, 0.5) is 5.69 Å². The molecule has 0 amide bonds. The molecule has 1 aliphatic rings. The van der Waals surface area contributed by atoms with E-state index in [4.69, 9.17) is 35.4 Å². The minimum absolute atomic E-state index is 0.415. The van der Waals surface area contributed by atoms with Gasteiger partial charge in [-0.25, -0.2) is 0 Å². The second-order valence-electron chi connectivity index (χ2n) is 5.63. The van der Waals surface area contributed by atoms with Gasteiger partial charge in [0.2, 0.25) is 0 Å². The first-order chi connectivity index (χ1) is 9.95. The van der Waals surface area contributed by atoms with Crippen molar-refractivity contribution >= 4 is 46.2 Å². The second-order valence-corrected chi connectivity index (χ2v) is 6.88. The molecule has 0 aliphatic carbocycles. The standard InChI is InChI=1S/C15H21Cl2N3S/c1-10(2)20-7-5-12(6-8-20)18-15(21)19-14-9-11(16)3-4-13(14)17/h3-4,9-10,12H,5-8H2,1-2H3,(H2,18,19,21). The fourth-order valence-electron chi connectivity index (χ4n) is 2.50. The molecule has 1 saturated heterocycles. The van der Waals surface area contributed by atoms with Crippen LogP contribution in [-0.2, 0) is 0 Å². The molecule has 3 nitrogen and oxygen atoms in total. The molecule has 6 heteroatoms. The minimum Gasteiger partial charge on any atom is -0.360 e. The average Bonchev–Trinajstić information content (AvgIpc) is 2.43. The molecule has 0 saturated carbocycles. The summed E-state index contributed by atoms with van der Waals surface area (Å²) in [7, 11) is 0. The van der Waals surface area contributed by atoms with E-state index in [9.17, 15) is 0 Å². The number of benzene rings is 1. The summed E-state index contributed by atoms with van der Waals surface area (Å²) in [5.41, 5.74) is 0.737. The smallest absolute Gasteiger partial charge is 0.171 e. The first-order valence-electron chi connectivity index (χ1n) is 7.22. The number of hydrogen-bond acceptors (Lipinski definition) is 2. The Morgan fingerprint density at radius 1 is 1.29 bits per heavy atom. The number of nitrogens with zero attached hydrogens (tertiary/aromatic N) is 1. The van der Waals surface area contributed by atoms with Crippen molar-refractivity contribution in [3.05, 3.63) is 28.2 Å². The lowest BCUT2D eigenvalue weighted by Gasteiger charge is -2.35. The van der Waals surface area contributed by atoms with Gasteiger partial charge in [-0.2, -0.15) is 0 Å². The maximum atomic E-state index is 6.12. The average molecular weight is 346 g/mol. The van der Waals surface area contributed by atoms with Crippen molar-refractivity contribution in [3.63, 3.8) is 0 Å². The summed E-state index contributed by atoms with van der Waals surface area (Å²) in [5, 5.41) is 8.33. The summed E-state index contributed by atoms with van der Waals surface area (Å²) in [6, 6.07) is 6.32. The van der Waals surface area contributed by atoms with Crippen molar-refractivity contribution < 1.29 is 0 Å². The lowest BCUT2D eigenvalue weighted by atomic mass is 10.0. The summed E-state index contributed by atoms with van der Waals surface area (Å²) >= 11 is 17.5. The Balaban J connectivity index is 1.84. The van der Waals surface area contributed by atoms with Gasteiger partial charge in [-0.15, -0.1) is 0 Å². The van der Waals surface area contributed by atoms with E-state index in [-0.39, 0.29) is 0 Å². The van der Waals surface area contributed by atoms with E-state index in [1.165, 1.54) is 0 Å². The number of halogens is 2. The molecule has 2 rings (SSSR count). The fourth-order valence-corrected chi connectivity index (χ4v) is 3.11. The highest BCUT2D eigenvalue weighted by molar-refractivity contribution is 7.80. The van der Waals surface area contributed by atoms with Gasteiger partial charge in [0, 0.05) is 30.2 Å². The van der Waals surface area contributed by atoms with E-state index >= 15 is 0 Å². The predicted molar refractivity (Wildman–Crippen MR) is 95.5 cm³/mol. The van der Waals surface area contributed by atoms with Crippen molar-refractivity contribution in [1.82, 2.24) is 10.2 Å². The molecule has 0 atom stereocenters. The van der Waals surface area contributed by atoms with Crippen LogP contribution in [0.2, 0.25) is 10.0 Å². The first kappa shape index (κ1) is 16.8. The molecule has 2 N–H and O–H groups in total. The number of nitrogens with one attached hydrogen (secondary N) is 2. The van der Waals surface area contributed by atoms with Gasteiger partial charge < -0.3 is 15.5 Å². The number of hydrogen-bond donors (Lipinski definition) is 2. The zero-order valence-corrected chi connectivity index (χ0v) is 14.7. The molecule has 1 fully saturated rings. The maximum absolute atomic E-state index is 6.12. The summed E-state index contributed by atoms with van der Waals surface area (Å²) < 4.78 is 0. The van der Waals surface area contributed by atoms with Crippen LogP contribution in [-0.4, -0.2) is 35.2 Å². The highest BCUT2D eigenvalue weighted by atomic mass is 35.5. The molecule has 21 heavy (non-hydrogen) atoms. The van der Waals surface area contributed by atoms with Crippen molar-refractivity contribution in [2.45, 2.75) is 38.8 Å². The Morgan fingerprint density at radius 3 is 2.57 bits per heavy atom. The van der Waals surface area contributed by atoms with Gasteiger partial charge in [0.1, 0.15) is 0 Å². The first-order valence-corrected chi connectivity index (χ1v) is 8.38. The molecule has 0 unspecified atom stereocenters. The van der Waals surface area contributed by atoms with Crippen LogP contribution in [0.25, 0.3) is 0 Å². The molecule has 116 valence electrons. The van der Waals surface area contributed by atoms with Crippen LogP contribution in [0.5, 0.6) is 0 Å². The Hall–Kier alpha value is -0.550. The molecular weight excluding hydrogens is 325 g/mol. The molecule has 1 aliphatic heterocycles. The lowest BCUT2D eigenvalue weighted by molar-refractivity contribution is 0.168. The molecular formula is C15H21Cl2N3S. The summed E-state index contributed by atoms with van der Waals surface area (Å²) in [6.45, 7) is 6.69. The summed E-state index contributed by atoms with van der Waals surface area (Å²) in [6.07, 6.45) is 2.20. The third kappa shape index (κ3) is 4.99. The van der Waals surface area contributed by atoms with Crippen LogP contribution in [0.1, 0.15) is 26.7 Å². The van der Waals surface area contributed by atoms with Crippen molar-refractivity contribution in [3.8, 4) is 0 Å². The Kier molecular flexibility index (Phi) is 6.11. The van der Waals surface area contributed by atoms with Crippen molar-refractivity contribution in [2.24, 2.45) is 0 Å². The number of piperidine rings is 1. The van der Waals surface area contributed by atoms with Gasteiger partial charge in [-0.3, -0.25) is 0 Å². The molecule has 1 aromatic rings. The van der Waals surface area contributed by atoms with Crippen LogP contribution in [0.3, 0.4) is 0 Å². The van der Waals surface area contributed by atoms with E-state index in [1.807, 2.05) is 0 Å². The monoisotopic (exact) mass is 345 g/mol. The predicted octanol–water partition coefficient (Wildman–Crippen LogP) is 4.15. The largest absolute Gasteiger partial charge is 0.360 e. The number of thiocarbonyl (C=S) groups is 1. The van der Waals surface area contributed by atoms with E-state index < -0.39 is 0 Å². The summed E-state index contributed by atoms with van der Waals surface area (Å²) in [5.74, 6) is 0. The maximum Gasteiger partial charge on any atom is 0.171 e. The number of likely N-dealkylation sites (tertiary alicyclic amines) is 1. The molecule has 0 spiro atoms. The Morgan fingerprint density at radius 2 is 1.95 bits per heavy atom. The fraction of sp³-hybridized carbons (Fsp3) is 0.533. The van der Waals surface area contributed by atoms with E-state index in [1.54, 1.807) is 18.2 Å². The molecule has 0 aromatic heterocycles. The van der Waals surface area contributed by atoms with E-state index in [0.29, 0.717) is 27.2 Å². The highest BCUT2D eigenvalue weighted by Gasteiger charge is 2.21. The van der Waals surface area contributed by atoms with Crippen LogP contribution in [0, 0.1) is 0 Å². The van der Waals surface area contributed by atoms with Crippen LogP contribution in [0.15, 0.2) is 18.2 Å². The van der Waals surface area contributed by atoms with Gasteiger partial charge >= 0.3 is 0 Å². The number of rotatable bonds is 3. The normalized spacial score (nSPS) is 17.0. The molecule has 0 bridgehead atoms. The van der Waals surface area contributed by atoms with E-state index in [0.717, 1.165) is 31.6 Å². The minimum atomic E-state index is 0.415. The van der Waals surface area contributed by atoms with Gasteiger partial charge in [-0.1, -0.05) is 23.2 Å². The number of anilines is 1. The zero-order chi connectivity index (χ0) is 15.4. The van der Waals surface area contributed by atoms with Gasteiger partial charge in [-0.05, 0) is 57.1 Å². The Labute approximate surface area is 142 Å². The third-order valence-electron chi connectivity index (χ3n) is 3.77. The SMILES string of the molecule is CC(C)N1CCC(NC(=S)Nc2cc(Cl)ccc2Cl)CC1. The third-order valence-corrected chi connectivity index (χ3v) is 4.56. The molecule has 1 heterocycles. The van der Waals surface area contributed by atoms with Crippen molar-refractivity contribution in [1.29, 1.82) is 0 Å². The second kappa shape index (κ2) is 7.63. The topological polar surface area (TPSA) is 27.3 Å². The quantitative estimate of drug-likeness (QED) is 0.804. The van der Waals surface area contributed by atoms with Gasteiger partial charge in [0.05, 0.1) is 10.7 Å². The zero-order valence-electron chi connectivity index (χ0n) is 12.3. The van der Waals surface area contributed by atoms with Crippen LogP contribution >= 0.6 is 35.4 Å². The Bertz CT molecular complexity index is 500. The van der Waals surface area contributed by atoms with E-state index in [2.05, 4.69) is 29.4 Å². The highest BCUT2D eigenvalue weighted by Crippen LogP contribution is 2.25. The van der Waals surface area contributed by atoms with Crippen molar-refractivity contribution in [2.75, 3.05) is 18.4 Å².